The van der Waals surface area contributed by atoms with E-state index in [1.54, 1.807) is 13.8 Å². The molecule has 0 aliphatic carbocycles. The summed E-state index contributed by atoms with van der Waals surface area (Å²) in [6.45, 7) is 3.37. The number of carbonyl (C=O) groups is 2. The van der Waals surface area contributed by atoms with Gasteiger partial charge in [-0.25, -0.2) is 0 Å². The van der Waals surface area contributed by atoms with E-state index < -0.39 is 12.0 Å². The number of amides is 1. The molecule has 82 valence electrons. The van der Waals surface area contributed by atoms with Gasteiger partial charge < -0.3 is 10.4 Å². The van der Waals surface area contributed by atoms with Gasteiger partial charge in [-0.15, -0.1) is 0 Å². The molecule has 1 atom stereocenters. The number of aromatic amines is 1. The minimum atomic E-state index is -0.938. The lowest BCUT2D eigenvalue weighted by atomic mass is 10.2. The summed E-state index contributed by atoms with van der Waals surface area (Å²) in [7, 11) is 0. The summed E-state index contributed by atoms with van der Waals surface area (Å²) in [6, 6.07) is -0.399. The monoisotopic (exact) mass is 211 g/mol. The first-order valence-corrected chi connectivity index (χ1v) is 4.53. The van der Waals surface area contributed by atoms with Crippen molar-refractivity contribution in [2.45, 2.75) is 26.3 Å². The fourth-order valence-electron chi connectivity index (χ4n) is 1.19. The van der Waals surface area contributed by atoms with Crippen LogP contribution in [0.3, 0.4) is 0 Å². The van der Waals surface area contributed by atoms with Gasteiger partial charge in [0.05, 0.1) is 18.2 Å². The molecule has 0 aromatic carbocycles. The molecule has 0 aliphatic heterocycles. The molecule has 1 aromatic rings. The number of H-pyrrole nitrogens is 1. The van der Waals surface area contributed by atoms with Crippen LogP contribution in [0.2, 0.25) is 0 Å². The van der Waals surface area contributed by atoms with E-state index in [4.69, 9.17) is 5.11 Å². The van der Waals surface area contributed by atoms with Gasteiger partial charge in [-0.2, -0.15) is 5.10 Å². The molecule has 1 heterocycles. The zero-order valence-electron chi connectivity index (χ0n) is 8.57. The van der Waals surface area contributed by atoms with Gasteiger partial charge in [0, 0.05) is 11.7 Å². The topological polar surface area (TPSA) is 95.1 Å². The van der Waals surface area contributed by atoms with Gasteiger partial charge in [0.15, 0.2) is 0 Å². The highest BCUT2D eigenvalue weighted by Crippen LogP contribution is 2.03. The van der Waals surface area contributed by atoms with E-state index in [0.29, 0.717) is 11.3 Å². The van der Waals surface area contributed by atoms with Gasteiger partial charge in [-0.3, -0.25) is 14.7 Å². The van der Waals surface area contributed by atoms with E-state index >= 15 is 0 Å². The van der Waals surface area contributed by atoms with E-state index in [0.717, 1.165) is 0 Å². The van der Waals surface area contributed by atoms with Crippen LogP contribution in [0.15, 0.2) is 6.20 Å². The number of hydrogen-bond acceptors (Lipinski definition) is 3. The van der Waals surface area contributed by atoms with Gasteiger partial charge in [0.1, 0.15) is 0 Å². The average molecular weight is 211 g/mol. The van der Waals surface area contributed by atoms with Gasteiger partial charge in [0.2, 0.25) is 0 Å². The Morgan fingerprint density at radius 3 is 2.80 bits per heavy atom. The minimum Gasteiger partial charge on any atom is -0.481 e. The predicted octanol–water partition coefficient (Wildman–Crippen LogP) is 0.311. The smallest absolute Gasteiger partial charge is 0.305 e. The lowest BCUT2D eigenvalue weighted by Gasteiger charge is -2.10. The van der Waals surface area contributed by atoms with E-state index in [2.05, 4.69) is 15.5 Å². The third-order valence-corrected chi connectivity index (χ3v) is 1.93. The maximum Gasteiger partial charge on any atom is 0.305 e. The summed E-state index contributed by atoms with van der Waals surface area (Å²) < 4.78 is 0. The fourth-order valence-corrected chi connectivity index (χ4v) is 1.19. The SMILES string of the molecule is Cc1[nH]ncc1C(=O)NC(C)CC(=O)O. The number of nitrogens with zero attached hydrogens (tertiary/aromatic N) is 1. The van der Waals surface area contributed by atoms with Crippen LogP contribution >= 0.6 is 0 Å². The average Bonchev–Trinajstić information content (AvgIpc) is 2.49. The van der Waals surface area contributed by atoms with E-state index in [1.165, 1.54) is 6.20 Å². The zero-order chi connectivity index (χ0) is 11.4. The number of carbonyl (C=O) groups excluding carboxylic acids is 1. The van der Waals surface area contributed by atoms with Crippen molar-refractivity contribution in [3.05, 3.63) is 17.5 Å². The van der Waals surface area contributed by atoms with E-state index in [1.807, 2.05) is 0 Å². The Morgan fingerprint density at radius 2 is 2.33 bits per heavy atom. The normalized spacial score (nSPS) is 12.1. The van der Waals surface area contributed by atoms with Crippen molar-refractivity contribution in [2.24, 2.45) is 0 Å². The largest absolute Gasteiger partial charge is 0.481 e. The molecule has 6 heteroatoms. The first kappa shape index (κ1) is 11.2. The van der Waals surface area contributed by atoms with Crippen molar-refractivity contribution in [3.8, 4) is 0 Å². The summed E-state index contributed by atoms with van der Waals surface area (Å²) in [5.74, 6) is -1.25. The molecule has 15 heavy (non-hydrogen) atoms. The Kier molecular flexibility index (Phi) is 3.43. The second-order valence-electron chi connectivity index (χ2n) is 3.38. The molecule has 6 nitrogen and oxygen atoms in total. The molecule has 0 saturated carbocycles. The maximum atomic E-state index is 11.6. The van der Waals surface area contributed by atoms with Crippen LogP contribution < -0.4 is 5.32 Å². The Balaban J connectivity index is 2.56. The summed E-state index contributed by atoms with van der Waals surface area (Å²) in [5.41, 5.74) is 1.10. The molecule has 1 aromatic heterocycles. The third-order valence-electron chi connectivity index (χ3n) is 1.93. The number of aromatic nitrogens is 2. The predicted molar refractivity (Wildman–Crippen MR) is 52.5 cm³/mol. The van der Waals surface area contributed by atoms with E-state index in [9.17, 15) is 9.59 Å². The minimum absolute atomic E-state index is 0.0946. The molecule has 1 unspecified atom stereocenters. The summed E-state index contributed by atoms with van der Waals surface area (Å²) in [6.07, 6.45) is 1.32. The van der Waals surface area contributed by atoms with Crippen LogP contribution in [0.25, 0.3) is 0 Å². The standard InChI is InChI=1S/C9H13N3O3/c1-5(3-8(13)14)11-9(15)7-4-10-12-6(7)2/h4-5H,3H2,1-2H3,(H,10,12)(H,11,15)(H,13,14). The first-order chi connectivity index (χ1) is 7.00. The molecule has 0 aliphatic rings. The quantitative estimate of drug-likeness (QED) is 0.668. The van der Waals surface area contributed by atoms with Crippen LogP contribution in [-0.2, 0) is 4.79 Å². The Bertz CT molecular complexity index is 372. The Hall–Kier alpha value is -1.85. The summed E-state index contributed by atoms with van der Waals surface area (Å²) in [4.78, 5) is 21.9. The van der Waals surface area contributed by atoms with Crippen molar-refractivity contribution >= 4 is 11.9 Å². The number of carboxylic acid groups (broad SMARTS) is 1. The molecular weight excluding hydrogens is 198 g/mol. The number of rotatable bonds is 4. The van der Waals surface area contributed by atoms with Gasteiger partial charge in [0.25, 0.3) is 5.91 Å². The van der Waals surface area contributed by atoms with Crippen LogP contribution in [-0.4, -0.2) is 33.2 Å². The molecular formula is C9H13N3O3. The highest BCUT2D eigenvalue weighted by molar-refractivity contribution is 5.95. The maximum absolute atomic E-state index is 11.6. The van der Waals surface area contributed by atoms with Gasteiger partial charge in [-0.05, 0) is 13.8 Å². The highest BCUT2D eigenvalue weighted by atomic mass is 16.4. The van der Waals surface area contributed by atoms with Crippen LogP contribution in [0.5, 0.6) is 0 Å². The van der Waals surface area contributed by atoms with Crippen LogP contribution in [0.4, 0.5) is 0 Å². The lowest BCUT2D eigenvalue weighted by molar-refractivity contribution is -0.137. The number of aryl methyl sites for hydroxylation is 1. The van der Waals surface area contributed by atoms with E-state index in [-0.39, 0.29) is 12.3 Å². The fraction of sp³-hybridized carbons (Fsp3) is 0.444. The van der Waals surface area contributed by atoms with Crippen LogP contribution in [0, 0.1) is 6.92 Å². The van der Waals surface area contributed by atoms with Crippen molar-refractivity contribution in [2.75, 3.05) is 0 Å². The number of carboxylic acids is 1. The molecule has 0 bridgehead atoms. The van der Waals surface area contributed by atoms with Crippen LogP contribution in [0.1, 0.15) is 29.4 Å². The summed E-state index contributed by atoms with van der Waals surface area (Å²) in [5, 5.41) is 17.4. The third kappa shape index (κ3) is 3.08. The Morgan fingerprint density at radius 1 is 1.67 bits per heavy atom. The molecule has 0 spiro atoms. The van der Waals surface area contributed by atoms with Crippen molar-refractivity contribution in [3.63, 3.8) is 0 Å². The highest BCUT2D eigenvalue weighted by Gasteiger charge is 2.14. The molecule has 0 fully saturated rings. The number of nitrogens with one attached hydrogen (secondary N) is 2. The molecule has 1 amide bonds. The molecule has 0 saturated heterocycles. The molecule has 1 rings (SSSR count). The molecule has 3 N–H and O–H groups in total. The second-order valence-corrected chi connectivity index (χ2v) is 3.38. The van der Waals surface area contributed by atoms with Crippen molar-refractivity contribution < 1.29 is 14.7 Å². The van der Waals surface area contributed by atoms with Crippen molar-refractivity contribution in [1.29, 1.82) is 0 Å². The van der Waals surface area contributed by atoms with Gasteiger partial charge in [-0.1, -0.05) is 0 Å². The first-order valence-electron chi connectivity index (χ1n) is 4.53. The molecule has 0 radical (unpaired) electrons. The van der Waals surface area contributed by atoms with Gasteiger partial charge >= 0.3 is 5.97 Å². The number of hydrogen-bond donors (Lipinski definition) is 3. The summed E-state index contributed by atoms with van der Waals surface area (Å²) >= 11 is 0. The van der Waals surface area contributed by atoms with Crippen molar-refractivity contribution in [1.82, 2.24) is 15.5 Å². The number of aliphatic carboxylic acids is 1. The second kappa shape index (κ2) is 4.59. The Labute approximate surface area is 86.7 Å². The zero-order valence-corrected chi connectivity index (χ0v) is 8.57. The lowest BCUT2D eigenvalue weighted by Crippen LogP contribution is -2.34.